The van der Waals surface area contributed by atoms with Crippen LogP contribution in [0.4, 0.5) is 8.78 Å². The molecule has 0 aliphatic carbocycles. The van der Waals surface area contributed by atoms with Crippen LogP contribution in [-0.4, -0.2) is 5.78 Å². The van der Waals surface area contributed by atoms with Gasteiger partial charge < -0.3 is 0 Å². The standard InChI is InChI=1S/C26H30F2O/c1-6-20(17(2)3)10-11-22(16-18(4)21-12-14-23(27)15-13-21)26-24(19(5)29)8-7-9-25(26)28/h7-9,11-17,20H,6,10H2,1-5H3/b18-16+,22-11-. The van der Waals surface area contributed by atoms with Crippen LogP contribution in [0.15, 0.2) is 54.6 Å². The lowest BCUT2D eigenvalue weighted by atomic mass is 9.87. The van der Waals surface area contributed by atoms with Crippen LogP contribution in [0.5, 0.6) is 0 Å². The zero-order chi connectivity index (χ0) is 21.6. The van der Waals surface area contributed by atoms with Crippen LogP contribution in [0.3, 0.4) is 0 Å². The summed E-state index contributed by atoms with van der Waals surface area (Å²) in [6.07, 6.45) is 5.75. The van der Waals surface area contributed by atoms with Gasteiger partial charge in [0.1, 0.15) is 11.6 Å². The van der Waals surface area contributed by atoms with Gasteiger partial charge >= 0.3 is 0 Å². The summed E-state index contributed by atoms with van der Waals surface area (Å²) in [6.45, 7) is 9.89. The molecule has 3 heteroatoms. The van der Waals surface area contributed by atoms with E-state index in [1.165, 1.54) is 25.1 Å². The molecule has 0 amide bonds. The highest BCUT2D eigenvalue weighted by Crippen LogP contribution is 2.30. The molecule has 2 aromatic carbocycles. The molecule has 1 unspecified atom stereocenters. The first-order valence-corrected chi connectivity index (χ1v) is 10.2. The first kappa shape index (κ1) is 22.7. The molecule has 0 aliphatic heterocycles. The van der Waals surface area contributed by atoms with Crippen LogP contribution in [0.1, 0.15) is 68.9 Å². The predicted molar refractivity (Wildman–Crippen MR) is 118 cm³/mol. The Balaban J connectivity index is 2.60. The van der Waals surface area contributed by atoms with Crippen molar-refractivity contribution in [2.24, 2.45) is 11.8 Å². The molecule has 0 spiro atoms. The van der Waals surface area contributed by atoms with E-state index < -0.39 is 5.82 Å². The van der Waals surface area contributed by atoms with E-state index in [0.717, 1.165) is 24.0 Å². The van der Waals surface area contributed by atoms with Crippen LogP contribution >= 0.6 is 0 Å². The van der Waals surface area contributed by atoms with Gasteiger partial charge in [0.25, 0.3) is 0 Å². The number of hydrogen-bond donors (Lipinski definition) is 0. The van der Waals surface area contributed by atoms with E-state index in [4.69, 9.17) is 0 Å². The number of benzene rings is 2. The Morgan fingerprint density at radius 3 is 2.24 bits per heavy atom. The third kappa shape index (κ3) is 5.96. The minimum atomic E-state index is -0.412. The normalized spacial score (nSPS) is 13.7. The molecule has 154 valence electrons. The molecule has 29 heavy (non-hydrogen) atoms. The smallest absolute Gasteiger partial charge is 0.160 e. The van der Waals surface area contributed by atoms with E-state index in [0.29, 0.717) is 28.5 Å². The van der Waals surface area contributed by atoms with Crippen LogP contribution < -0.4 is 0 Å². The molecule has 0 N–H and O–H groups in total. The summed E-state index contributed by atoms with van der Waals surface area (Å²) >= 11 is 0. The summed E-state index contributed by atoms with van der Waals surface area (Å²) in [4.78, 5) is 12.2. The van der Waals surface area contributed by atoms with Crippen molar-refractivity contribution in [3.63, 3.8) is 0 Å². The summed E-state index contributed by atoms with van der Waals surface area (Å²) in [5.74, 6) is 0.0940. The largest absolute Gasteiger partial charge is 0.294 e. The lowest BCUT2D eigenvalue weighted by Gasteiger charge is -2.18. The van der Waals surface area contributed by atoms with Crippen molar-refractivity contribution in [2.45, 2.75) is 47.5 Å². The number of Topliss-reactive ketones (excluding diaryl/α,β-unsaturated/α-hetero) is 1. The topological polar surface area (TPSA) is 17.1 Å². The van der Waals surface area contributed by atoms with Crippen molar-refractivity contribution in [3.05, 3.63) is 82.9 Å². The first-order valence-electron chi connectivity index (χ1n) is 10.2. The fourth-order valence-electron chi connectivity index (χ4n) is 3.56. The Morgan fingerprint density at radius 1 is 1.03 bits per heavy atom. The highest BCUT2D eigenvalue weighted by molar-refractivity contribution is 6.01. The number of carbonyl (C=O) groups is 1. The molecule has 0 aliphatic rings. The summed E-state index contributed by atoms with van der Waals surface area (Å²) in [6, 6.07) is 10.8. The number of allylic oxidation sites excluding steroid dienone is 4. The Morgan fingerprint density at radius 2 is 1.69 bits per heavy atom. The average molecular weight is 397 g/mol. The van der Waals surface area contributed by atoms with E-state index in [9.17, 15) is 13.6 Å². The summed E-state index contributed by atoms with van der Waals surface area (Å²) < 4.78 is 28.1. The Kier molecular flexibility index (Phi) is 8.07. The molecular weight excluding hydrogens is 366 g/mol. The van der Waals surface area contributed by atoms with Gasteiger partial charge in [-0.1, -0.05) is 63.6 Å². The van der Waals surface area contributed by atoms with E-state index in [2.05, 4.69) is 20.8 Å². The van der Waals surface area contributed by atoms with Gasteiger partial charge in [0, 0.05) is 11.1 Å². The third-order valence-corrected chi connectivity index (χ3v) is 5.46. The van der Waals surface area contributed by atoms with Crippen LogP contribution in [-0.2, 0) is 0 Å². The number of ketones is 1. The lowest BCUT2D eigenvalue weighted by molar-refractivity contribution is 0.101. The van der Waals surface area contributed by atoms with Crippen molar-refractivity contribution in [1.29, 1.82) is 0 Å². The third-order valence-electron chi connectivity index (χ3n) is 5.46. The Bertz CT molecular complexity index is 905. The molecule has 1 atom stereocenters. The summed E-state index contributed by atoms with van der Waals surface area (Å²) in [5, 5.41) is 0. The lowest BCUT2D eigenvalue weighted by Crippen LogP contribution is -2.07. The average Bonchev–Trinajstić information content (AvgIpc) is 2.67. The maximum absolute atomic E-state index is 14.9. The van der Waals surface area contributed by atoms with Crippen molar-refractivity contribution in [3.8, 4) is 0 Å². The molecule has 1 nitrogen and oxygen atoms in total. The molecule has 0 bridgehead atoms. The van der Waals surface area contributed by atoms with Gasteiger partial charge in [0.05, 0.1) is 0 Å². The Hall–Kier alpha value is -2.55. The molecule has 0 radical (unpaired) electrons. The van der Waals surface area contributed by atoms with E-state index in [1.54, 1.807) is 24.3 Å². The molecule has 0 saturated heterocycles. The minimum absolute atomic E-state index is 0.172. The predicted octanol–water partition coefficient (Wildman–Crippen LogP) is 7.73. The van der Waals surface area contributed by atoms with Crippen molar-refractivity contribution in [1.82, 2.24) is 0 Å². The van der Waals surface area contributed by atoms with Crippen LogP contribution in [0, 0.1) is 23.5 Å². The van der Waals surface area contributed by atoms with Crippen LogP contribution in [0.25, 0.3) is 11.1 Å². The highest BCUT2D eigenvalue weighted by Gasteiger charge is 2.17. The van der Waals surface area contributed by atoms with E-state index in [1.807, 2.05) is 19.1 Å². The highest BCUT2D eigenvalue weighted by atomic mass is 19.1. The van der Waals surface area contributed by atoms with Crippen LogP contribution in [0.2, 0.25) is 0 Å². The van der Waals surface area contributed by atoms with Gasteiger partial charge in [-0.2, -0.15) is 0 Å². The van der Waals surface area contributed by atoms with Gasteiger partial charge in [-0.05, 0) is 67.0 Å². The van der Waals surface area contributed by atoms with Gasteiger partial charge in [-0.3, -0.25) is 4.79 Å². The number of hydrogen-bond acceptors (Lipinski definition) is 1. The molecule has 2 aromatic rings. The fourth-order valence-corrected chi connectivity index (χ4v) is 3.56. The van der Waals surface area contributed by atoms with Crippen molar-refractivity contribution < 1.29 is 13.6 Å². The number of halogens is 2. The van der Waals surface area contributed by atoms with Gasteiger partial charge in [0.15, 0.2) is 5.78 Å². The second-order valence-corrected chi connectivity index (χ2v) is 7.86. The summed E-state index contributed by atoms with van der Waals surface area (Å²) in [7, 11) is 0. The quantitative estimate of drug-likeness (QED) is 0.330. The van der Waals surface area contributed by atoms with Gasteiger partial charge in [-0.15, -0.1) is 0 Å². The SMILES string of the molecule is CCC(C/C=C(/C=C(\C)c1ccc(F)cc1)c1c(F)cccc1C(C)=O)C(C)C. The second kappa shape index (κ2) is 10.3. The zero-order valence-corrected chi connectivity index (χ0v) is 17.9. The molecular formula is C26H30F2O. The first-order chi connectivity index (χ1) is 13.7. The minimum Gasteiger partial charge on any atom is -0.294 e. The van der Waals surface area contributed by atoms with Gasteiger partial charge in [-0.25, -0.2) is 8.78 Å². The molecule has 0 saturated carbocycles. The molecule has 2 rings (SSSR count). The molecule has 0 heterocycles. The van der Waals surface area contributed by atoms with Gasteiger partial charge in [0.2, 0.25) is 0 Å². The second-order valence-electron chi connectivity index (χ2n) is 7.86. The number of rotatable bonds is 8. The maximum Gasteiger partial charge on any atom is 0.160 e. The molecule has 0 aromatic heterocycles. The number of carbonyl (C=O) groups excluding carboxylic acids is 1. The monoisotopic (exact) mass is 396 g/mol. The van der Waals surface area contributed by atoms with E-state index >= 15 is 0 Å². The van der Waals surface area contributed by atoms with E-state index in [-0.39, 0.29) is 11.6 Å². The molecule has 0 fully saturated rings. The van der Waals surface area contributed by atoms with Crippen molar-refractivity contribution in [2.75, 3.05) is 0 Å². The Labute approximate surface area is 173 Å². The van der Waals surface area contributed by atoms with Crippen molar-refractivity contribution >= 4 is 16.9 Å². The maximum atomic E-state index is 14.9. The zero-order valence-electron chi connectivity index (χ0n) is 17.9. The summed E-state index contributed by atoms with van der Waals surface area (Å²) in [5.41, 5.74) is 3.13. The fraction of sp³-hybridized carbons (Fsp3) is 0.346.